The number of hydrogen-bond acceptors (Lipinski definition) is 3. The van der Waals surface area contributed by atoms with E-state index in [1.165, 1.54) is 0 Å². The first-order valence-electron chi connectivity index (χ1n) is 7.85. The van der Waals surface area contributed by atoms with Crippen molar-refractivity contribution < 1.29 is 19.1 Å². The largest absolute Gasteiger partial charge is 0.481 e. The highest BCUT2D eigenvalue weighted by molar-refractivity contribution is 5.80. The van der Waals surface area contributed by atoms with Crippen LogP contribution in [0.15, 0.2) is 24.3 Å². The van der Waals surface area contributed by atoms with Crippen LogP contribution < -0.4 is 11.5 Å². The van der Waals surface area contributed by atoms with Gasteiger partial charge in [-0.25, -0.2) is 0 Å². The minimum atomic E-state index is -0.955. The summed E-state index contributed by atoms with van der Waals surface area (Å²) in [6, 6.07) is 6.99. The Morgan fingerprint density at radius 2 is 1.61 bits per heavy atom. The fraction of sp³-hybridized carbons (Fsp3) is 0.529. The van der Waals surface area contributed by atoms with Gasteiger partial charge in [-0.15, -0.1) is 0 Å². The molecule has 0 bridgehead atoms. The standard InChI is InChI=1S/C17H25FN2O3/c18-10-2-4-13-8-6-12(7-9-13)3-1-5-14(17(22)23)11-15(19)16(20)21/h6-9,14-15H,1-5,10-11,19H2,(H2,20,21)(H,22,23). The summed E-state index contributed by atoms with van der Waals surface area (Å²) >= 11 is 0. The number of halogens is 1. The molecule has 1 amide bonds. The Hall–Kier alpha value is -1.95. The summed E-state index contributed by atoms with van der Waals surface area (Å²) in [6.45, 7) is -0.314. The van der Waals surface area contributed by atoms with Gasteiger partial charge in [0.1, 0.15) is 0 Å². The van der Waals surface area contributed by atoms with Crippen molar-refractivity contribution >= 4 is 11.9 Å². The average molecular weight is 324 g/mol. The minimum Gasteiger partial charge on any atom is -0.481 e. The molecular weight excluding hydrogens is 299 g/mol. The first-order chi connectivity index (χ1) is 10.9. The average Bonchev–Trinajstić information content (AvgIpc) is 2.52. The first kappa shape index (κ1) is 19.1. The number of amides is 1. The third-order valence-electron chi connectivity index (χ3n) is 3.89. The maximum Gasteiger partial charge on any atom is 0.306 e. The molecule has 0 aliphatic rings. The maximum atomic E-state index is 12.1. The summed E-state index contributed by atoms with van der Waals surface area (Å²) in [4.78, 5) is 22.1. The maximum absolute atomic E-state index is 12.1. The first-order valence-corrected chi connectivity index (χ1v) is 7.85. The predicted octanol–water partition coefficient (Wildman–Crippen LogP) is 1.81. The number of benzene rings is 1. The molecule has 0 saturated carbocycles. The zero-order chi connectivity index (χ0) is 17.2. The lowest BCUT2D eigenvalue weighted by Crippen LogP contribution is -2.39. The van der Waals surface area contributed by atoms with Crippen LogP contribution in [0, 0.1) is 5.92 Å². The molecule has 0 aromatic heterocycles. The number of primary amides is 1. The van der Waals surface area contributed by atoms with Gasteiger partial charge in [0.25, 0.3) is 0 Å². The van der Waals surface area contributed by atoms with E-state index in [0.717, 1.165) is 24.0 Å². The van der Waals surface area contributed by atoms with Crippen molar-refractivity contribution in [3.8, 4) is 0 Å². The van der Waals surface area contributed by atoms with Crippen LogP contribution in [0.5, 0.6) is 0 Å². The van der Waals surface area contributed by atoms with Gasteiger partial charge < -0.3 is 16.6 Å². The van der Waals surface area contributed by atoms with Crippen LogP contribution in [0.1, 0.15) is 36.8 Å². The summed E-state index contributed by atoms with van der Waals surface area (Å²) in [5, 5.41) is 9.18. The van der Waals surface area contributed by atoms with Gasteiger partial charge in [0.05, 0.1) is 18.6 Å². The van der Waals surface area contributed by atoms with E-state index >= 15 is 0 Å². The van der Waals surface area contributed by atoms with Crippen LogP contribution in [0.3, 0.4) is 0 Å². The van der Waals surface area contributed by atoms with Gasteiger partial charge in [0.2, 0.25) is 5.91 Å². The molecule has 0 heterocycles. The van der Waals surface area contributed by atoms with Gasteiger partial charge >= 0.3 is 5.97 Å². The molecule has 0 spiro atoms. The highest BCUT2D eigenvalue weighted by Crippen LogP contribution is 2.17. The molecule has 2 unspecified atom stereocenters. The van der Waals surface area contributed by atoms with Crippen LogP contribution in [0.2, 0.25) is 0 Å². The minimum absolute atomic E-state index is 0.0623. The molecule has 1 aromatic rings. The molecule has 5 nitrogen and oxygen atoms in total. The van der Waals surface area contributed by atoms with E-state index in [1.54, 1.807) is 0 Å². The van der Waals surface area contributed by atoms with Crippen LogP contribution in [0.4, 0.5) is 4.39 Å². The van der Waals surface area contributed by atoms with Crippen molar-refractivity contribution in [3.63, 3.8) is 0 Å². The van der Waals surface area contributed by atoms with Crippen LogP contribution >= 0.6 is 0 Å². The lowest BCUT2D eigenvalue weighted by atomic mass is 9.93. The zero-order valence-electron chi connectivity index (χ0n) is 13.2. The number of carboxylic acid groups (broad SMARTS) is 1. The topological polar surface area (TPSA) is 106 Å². The molecule has 0 radical (unpaired) electrons. The molecule has 23 heavy (non-hydrogen) atoms. The number of alkyl halides is 1. The van der Waals surface area contributed by atoms with E-state index in [4.69, 9.17) is 11.5 Å². The highest BCUT2D eigenvalue weighted by Gasteiger charge is 2.22. The number of nitrogens with two attached hydrogens (primary N) is 2. The summed E-state index contributed by atoms with van der Waals surface area (Å²) in [7, 11) is 0. The number of rotatable bonds is 11. The zero-order valence-corrected chi connectivity index (χ0v) is 13.2. The normalized spacial score (nSPS) is 13.5. The van der Waals surface area contributed by atoms with E-state index in [2.05, 4.69) is 0 Å². The Bertz CT molecular complexity index is 505. The summed E-state index contributed by atoms with van der Waals surface area (Å²) in [5.41, 5.74) is 12.8. The van der Waals surface area contributed by atoms with Crippen molar-refractivity contribution in [2.24, 2.45) is 17.4 Å². The third-order valence-corrected chi connectivity index (χ3v) is 3.89. The molecule has 1 aromatic carbocycles. The van der Waals surface area contributed by atoms with Crippen molar-refractivity contribution in [1.82, 2.24) is 0 Å². The molecule has 0 aliphatic carbocycles. The lowest BCUT2D eigenvalue weighted by molar-refractivity contribution is -0.142. The molecule has 0 fully saturated rings. The molecule has 0 saturated heterocycles. The Morgan fingerprint density at radius 3 is 2.04 bits per heavy atom. The van der Waals surface area contributed by atoms with Gasteiger partial charge in [-0.2, -0.15) is 0 Å². The van der Waals surface area contributed by atoms with E-state index in [-0.39, 0.29) is 13.1 Å². The molecule has 6 heteroatoms. The van der Waals surface area contributed by atoms with Crippen molar-refractivity contribution in [3.05, 3.63) is 35.4 Å². The fourth-order valence-electron chi connectivity index (χ4n) is 2.46. The van der Waals surface area contributed by atoms with Crippen molar-refractivity contribution in [1.29, 1.82) is 0 Å². The predicted molar refractivity (Wildman–Crippen MR) is 86.6 cm³/mol. The SMILES string of the molecule is NC(=O)C(N)CC(CCCc1ccc(CCCF)cc1)C(=O)O. The molecule has 1 rings (SSSR count). The lowest BCUT2D eigenvalue weighted by Gasteiger charge is -2.15. The van der Waals surface area contributed by atoms with Crippen LogP contribution in [0.25, 0.3) is 0 Å². The Labute approximate surface area is 135 Å². The molecular formula is C17H25FN2O3. The van der Waals surface area contributed by atoms with Gasteiger partial charge in [0.15, 0.2) is 0 Å². The van der Waals surface area contributed by atoms with Gasteiger partial charge in [-0.05, 0) is 49.7 Å². The number of hydrogen-bond donors (Lipinski definition) is 3. The molecule has 5 N–H and O–H groups in total. The van der Waals surface area contributed by atoms with Crippen LogP contribution in [-0.2, 0) is 22.4 Å². The monoisotopic (exact) mass is 324 g/mol. The second-order valence-electron chi connectivity index (χ2n) is 5.78. The highest BCUT2D eigenvalue weighted by atomic mass is 19.1. The fourth-order valence-corrected chi connectivity index (χ4v) is 2.46. The Kier molecular flexibility index (Phi) is 8.26. The second kappa shape index (κ2) is 9.94. The molecule has 0 aliphatic heterocycles. The van der Waals surface area contributed by atoms with E-state index in [0.29, 0.717) is 19.3 Å². The molecule has 128 valence electrons. The van der Waals surface area contributed by atoms with Gasteiger partial charge in [0, 0.05) is 0 Å². The van der Waals surface area contributed by atoms with Crippen LogP contribution in [-0.4, -0.2) is 29.7 Å². The Morgan fingerprint density at radius 1 is 1.09 bits per heavy atom. The number of carbonyl (C=O) groups excluding carboxylic acids is 1. The van der Waals surface area contributed by atoms with E-state index in [1.807, 2.05) is 24.3 Å². The summed E-state index contributed by atoms with van der Waals surface area (Å²) < 4.78 is 12.1. The number of aryl methyl sites for hydroxylation is 2. The van der Waals surface area contributed by atoms with Gasteiger partial charge in [-0.3, -0.25) is 14.0 Å². The summed E-state index contributed by atoms with van der Waals surface area (Å²) in [6.07, 6.45) is 3.20. The third kappa shape index (κ3) is 7.23. The smallest absolute Gasteiger partial charge is 0.306 e. The number of aliphatic carboxylic acids is 1. The number of carbonyl (C=O) groups is 2. The molecule has 2 atom stereocenters. The Balaban J connectivity index is 2.43. The van der Waals surface area contributed by atoms with Gasteiger partial charge in [-0.1, -0.05) is 24.3 Å². The van der Waals surface area contributed by atoms with E-state index < -0.39 is 23.8 Å². The van der Waals surface area contributed by atoms with Crippen molar-refractivity contribution in [2.75, 3.05) is 6.67 Å². The van der Waals surface area contributed by atoms with E-state index in [9.17, 15) is 19.1 Å². The summed E-state index contributed by atoms with van der Waals surface area (Å²) in [5.74, 6) is -2.30. The quantitative estimate of drug-likeness (QED) is 0.577. The second-order valence-corrected chi connectivity index (χ2v) is 5.78. The van der Waals surface area contributed by atoms with Crippen molar-refractivity contribution in [2.45, 2.75) is 44.6 Å². The number of carboxylic acids is 1.